The fourth-order valence-corrected chi connectivity index (χ4v) is 2.00. The zero-order chi connectivity index (χ0) is 16.8. The Morgan fingerprint density at radius 2 is 1.83 bits per heavy atom. The standard InChI is InChI=1S/C16H17N3O4/c1-10-6-11(2)8-12(7-10)23-9-14(20)18-19-16(22)13-4-3-5-17-15(13)21/h3-8H,9H2,1-2H3,(H,17,21)(H,18,20)(H,19,22). The van der Waals surface area contributed by atoms with Crippen molar-refractivity contribution in [3.05, 3.63) is 63.6 Å². The number of aryl methyl sites for hydroxylation is 2. The third-order valence-electron chi connectivity index (χ3n) is 2.94. The number of hydrazine groups is 1. The molecule has 0 atom stereocenters. The minimum atomic E-state index is -0.702. The molecule has 120 valence electrons. The second-order valence-corrected chi connectivity index (χ2v) is 5.03. The van der Waals surface area contributed by atoms with Gasteiger partial charge in [0.25, 0.3) is 17.4 Å². The van der Waals surface area contributed by atoms with Gasteiger partial charge in [-0.15, -0.1) is 0 Å². The maximum Gasteiger partial charge on any atom is 0.276 e. The van der Waals surface area contributed by atoms with Crippen LogP contribution in [0.15, 0.2) is 41.3 Å². The van der Waals surface area contributed by atoms with Crippen LogP contribution in [0, 0.1) is 13.8 Å². The molecule has 1 aromatic heterocycles. The number of benzene rings is 1. The predicted octanol–water partition coefficient (Wildman–Crippen LogP) is 0.832. The van der Waals surface area contributed by atoms with E-state index in [1.165, 1.54) is 18.3 Å². The van der Waals surface area contributed by atoms with Gasteiger partial charge in [0, 0.05) is 6.20 Å². The molecule has 3 N–H and O–H groups in total. The zero-order valence-electron chi connectivity index (χ0n) is 12.8. The molecule has 2 aromatic rings. The van der Waals surface area contributed by atoms with E-state index >= 15 is 0 Å². The second kappa shape index (κ2) is 7.26. The van der Waals surface area contributed by atoms with E-state index in [0.717, 1.165) is 11.1 Å². The maximum atomic E-state index is 11.7. The molecule has 0 aliphatic heterocycles. The SMILES string of the molecule is Cc1cc(C)cc(OCC(=O)NNC(=O)c2ccc[nH]c2=O)c1. The van der Waals surface area contributed by atoms with E-state index in [-0.39, 0.29) is 12.2 Å². The molecule has 0 aliphatic carbocycles. The molecule has 2 rings (SSSR count). The highest BCUT2D eigenvalue weighted by molar-refractivity contribution is 5.95. The molecule has 1 aromatic carbocycles. The topological polar surface area (TPSA) is 100 Å². The van der Waals surface area contributed by atoms with Crippen molar-refractivity contribution in [3.63, 3.8) is 0 Å². The number of ether oxygens (including phenoxy) is 1. The molecule has 0 fully saturated rings. The van der Waals surface area contributed by atoms with E-state index in [1.54, 1.807) is 0 Å². The normalized spacial score (nSPS) is 10.0. The third kappa shape index (κ3) is 4.70. The summed E-state index contributed by atoms with van der Waals surface area (Å²) in [7, 11) is 0. The number of nitrogens with one attached hydrogen (secondary N) is 3. The quantitative estimate of drug-likeness (QED) is 0.728. The van der Waals surface area contributed by atoms with Crippen molar-refractivity contribution in [1.82, 2.24) is 15.8 Å². The third-order valence-corrected chi connectivity index (χ3v) is 2.94. The lowest BCUT2D eigenvalue weighted by atomic mass is 10.1. The largest absolute Gasteiger partial charge is 0.484 e. The molecular formula is C16H17N3O4. The van der Waals surface area contributed by atoms with Crippen molar-refractivity contribution < 1.29 is 14.3 Å². The van der Waals surface area contributed by atoms with Crippen molar-refractivity contribution in [1.29, 1.82) is 0 Å². The number of pyridine rings is 1. The minimum absolute atomic E-state index is 0.0944. The lowest BCUT2D eigenvalue weighted by Crippen LogP contribution is -2.45. The summed E-state index contributed by atoms with van der Waals surface area (Å²) in [6, 6.07) is 8.48. The molecule has 0 radical (unpaired) electrons. The van der Waals surface area contributed by atoms with Crippen molar-refractivity contribution >= 4 is 11.8 Å². The number of H-pyrrole nitrogens is 1. The van der Waals surface area contributed by atoms with E-state index < -0.39 is 17.4 Å². The van der Waals surface area contributed by atoms with Crippen LogP contribution in [0.2, 0.25) is 0 Å². The summed E-state index contributed by atoms with van der Waals surface area (Å²) in [6.45, 7) is 3.60. The van der Waals surface area contributed by atoms with Crippen LogP contribution in [0.4, 0.5) is 0 Å². The van der Waals surface area contributed by atoms with E-state index in [4.69, 9.17) is 4.74 Å². The number of carbonyl (C=O) groups excluding carboxylic acids is 2. The summed E-state index contributed by atoms with van der Waals surface area (Å²) in [4.78, 5) is 37.2. The van der Waals surface area contributed by atoms with Crippen LogP contribution < -0.4 is 21.1 Å². The average molecular weight is 315 g/mol. The first-order valence-corrected chi connectivity index (χ1v) is 6.93. The second-order valence-electron chi connectivity index (χ2n) is 5.03. The average Bonchev–Trinajstić information content (AvgIpc) is 2.50. The minimum Gasteiger partial charge on any atom is -0.484 e. The predicted molar refractivity (Wildman–Crippen MR) is 84.1 cm³/mol. The van der Waals surface area contributed by atoms with Crippen LogP contribution in [-0.4, -0.2) is 23.4 Å². The first-order chi connectivity index (χ1) is 11.0. The molecule has 0 aliphatic rings. The summed E-state index contributed by atoms with van der Waals surface area (Å²) < 4.78 is 5.36. The Morgan fingerprint density at radius 1 is 1.13 bits per heavy atom. The molecule has 7 nitrogen and oxygen atoms in total. The molecule has 23 heavy (non-hydrogen) atoms. The molecule has 1 heterocycles. The molecule has 0 unspecified atom stereocenters. The summed E-state index contributed by atoms with van der Waals surface area (Å²) in [5, 5.41) is 0. The fourth-order valence-electron chi connectivity index (χ4n) is 2.00. The van der Waals surface area contributed by atoms with Gasteiger partial charge in [-0.25, -0.2) is 0 Å². The fraction of sp³-hybridized carbons (Fsp3) is 0.188. The number of rotatable bonds is 4. The first kappa shape index (κ1) is 16.3. The van der Waals surface area contributed by atoms with Gasteiger partial charge < -0.3 is 9.72 Å². The summed E-state index contributed by atoms with van der Waals surface area (Å²) in [6.07, 6.45) is 1.41. The molecular weight excluding hydrogens is 298 g/mol. The van der Waals surface area contributed by atoms with Gasteiger partial charge in [0.2, 0.25) is 0 Å². The Hall–Kier alpha value is -3.09. The van der Waals surface area contributed by atoms with Crippen LogP contribution in [0.1, 0.15) is 21.5 Å². The van der Waals surface area contributed by atoms with E-state index in [9.17, 15) is 14.4 Å². The van der Waals surface area contributed by atoms with Crippen LogP contribution >= 0.6 is 0 Å². The molecule has 0 saturated carbocycles. The summed E-state index contributed by atoms with van der Waals surface area (Å²) >= 11 is 0. The van der Waals surface area contributed by atoms with Crippen LogP contribution in [0.3, 0.4) is 0 Å². The van der Waals surface area contributed by atoms with Gasteiger partial charge >= 0.3 is 0 Å². The highest BCUT2D eigenvalue weighted by atomic mass is 16.5. The number of hydrogen-bond acceptors (Lipinski definition) is 4. The van der Waals surface area contributed by atoms with E-state index in [0.29, 0.717) is 5.75 Å². The van der Waals surface area contributed by atoms with Gasteiger partial charge in [-0.05, 0) is 49.2 Å². The zero-order valence-corrected chi connectivity index (χ0v) is 12.8. The van der Waals surface area contributed by atoms with Crippen molar-refractivity contribution in [2.24, 2.45) is 0 Å². The van der Waals surface area contributed by atoms with Gasteiger partial charge in [-0.2, -0.15) is 0 Å². The van der Waals surface area contributed by atoms with Crippen LogP contribution in [-0.2, 0) is 4.79 Å². The Labute approximate surface area is 132 Å². The van der Waals surface area contributed by atoms with Crippen molar-refractivity contribution in [3.8, 4) is 5.75 Å². The van der Waals surface area contributed by atoms with Gasteiger partial charge in [-0.3, -0.25) is 25.2 Å². The lowest BCUT2D eigenvalue weighted by Gasteiger charge is -2.09. The van der Waals surface area contributed by atoms with Crippen LogP contribution in [0.25, 0.3) is 0 Å². The van der Waals surface area contributed by atoms with E-state index in [1.807, 2.05) is 32.0 Å². The first-order valence-electron chi connectivity index (χ1n) is 6.93. The Kier molecular flexibility index (Phi) is 5.14. The van der Waals surface area contributed by atoms with Gasteiger partial charge in [-0.1, -0.05) is 6.07 Å². The number of amides is 2. The number of carbonyl (C=O) groups is 2. The van der Waals surface area contributed by atoms with Gasteiger partial charge in [0.15, 0.2) is 6.61 Å². The summed E-state index contributed by atoms with van der Waals surface area (Å²) in [5.74, 6) is -0.667. The lowest BCUT2D eigenvalue weighted by molar-refractivity contribution is -0.123. The van der Waals surface area contributed by atoms with E-state index in [2.05, 4.69) is 15.8 Å². The summed E-state index contributed by atoms with van der Waals surface area (Å²) in [5.41, 5.74) is 5.77. The molecule has 7 heteroatoms. The smallest absolute Gasteiger partial charge is 0.276 e. The number of aromatic nitrogens is 1. The monoisotopic (exact) mass is 315 g/mol. The number of hydrogen-bond donors (Lipinski definition) is 3. The van der Waals surface area contributed by atoms with Gasteiger partial charge in [0.05, 0.1) is 0 Å². The molecule has 0 spiro atoms. The van der Waals surface area contributed by atoms with Crippen molar-refractivity contribution in [2.45, 2.75) is 13.8 Å². The Balaban J connectivity index is 1.84. The molecule has 0 bridgehead atoms. The molecule has 0 saturated heterocycles. The molecule has 2 amide bonds. The highest BCUT2D eigenvalue weighted by Crippen LogP contribution is 2.15. The number of aromatic amines is 1. The highest BCUT2D eigenvalue weighted by Gasteiger charge is 2.11. The van der Waals surface area contributed by atoms with Crippen molar-refractivity contribution in [2.75, 3.05) is 6.61 Å². The van der Waals surface area contributed by atoms with Gasteiger partial charge in [0.1, 0.15) is 11.3 Å². The Morgan fingerprint density at radius 3 is 2.48 bits per heavy atom. The van der Waals surface area contributed by atoms with Crippen LogP contribution in [0.5, 0.6) is 5.75 Å². The maximum absolute atomic E-state index is 11.7. The Bertz CT molecular complexity index is 763.